The van der Waals surface area contributed by atoms with Gasteiger partial charge in [-0.1, -0.05) is 19.3 Å². The molecule has 5 nitrogen and oxygen atoms in total. The van der Waals surface area contributed by atoms with Crippen molar-refractivity contribution in [1.82, 2.24) is 9.97 Å². The van der Waals surface area contributed by atoms with E-state index in [4.69, 9.17) is 20.2 Å². The molecule has 21 heavy (non-hydrogen) atoms. The molecule has 0 bridgehead atoms. The Kier molecular flexibility index (Phi) is 3.76. The van der Waals surface area contributed by atoms with Crippen molar-refractivity contribution < 1.29 is 9.47 Å². The third kappa shape index (κ3) is 2.35. The van der Waals surface area contributed by atoms with Gasteiger partial charge in [0, 0.05) is 24.1 Å². The summed E-state index contributed by atoms with van der Waals surface area (Å²) in [6, 6.07) is 3.86. The fourth-order valence-electron chi connectivity index (χ4n) is 3.35. The number of nitrogens with zero attached hydrogens (tertiary/aromatic N) is 1. The quantitative estimate of drug-likeness (QED) is 0.907. The minimum Gasteiger partial charge on any atom is -0.493 e. The molecule has 1 saturated carbocycles. The Labute approximate surface area is 124 Å². The van der Waals surface area contributed by atoms with Gasteiger partial charge < -0.3 is 20.2 Å². The third-order valence-electron chi connectivity index (χ3n) is 4.69. The lowest BCUT2D eigenvalue weighted by Crippen LogP contribution is -2.38. The molecule has 1 aliphatic rings. The van der Waals surface area contributed by atoms with Gasteiger partial charge in [0.15, 0.2) is 11.5 Å². The van der Waals surface area contributed by atoms with E-state index in [-0.39, 0.29) is 5.41 Å². The topological polar surface area (TPSA) is 73.2 Å². The summed E-state index contributed by atoms with van der Waals surface area (Å²) in [4.78, 5) is 8.25. The van der Waals surface area contributed by atoms with Crippen LogP contribution in [0.25, 0.3) is 11.0 Å². The van der Waals surface area contributed by atoms with Crippen LogP contribution in [0.3, 0.4) is 0 Å². The monoisotopic (exact) mass is 289 g/mol. The van der Waals surface area contributed by atoms with Crippen LogP contribution >= 0.6 is 0 Å². The maximum atomic E-state index is 6.09. The number of nitrogens with one attached hydrogen (secondary N) is 1. The van der Waals surface area contributed by atoms with Crippen molar-refractivity contribution in [3.8, 4) is 11.5 Å². The van der Waals surface area contributed by atoms with Crippen LogP contribution in [-0.4, -0.2) is 30.7 Å². The Hall–Kier alpha value is -1.75. The number of nitrogens with two attached hydrogens (primary N) is 1. The highest BCUT2D eigenvalue weighted by atomic mass is 16.5. The number of aromatic nitrogens is 2. The lowest BCUT2D eigenvalue weighted by molar-refractivity contribution is 0.288. The minimum atomic E-state index is -0.00224. The SMILES string of the molecule is COc1cc2nc(C3(CN)CCCCC3)[nH]c2cc1OC. The fourth-order valence-corrected chi connectivity index (χ4v) is 3.35. The molecule has 3 N–H and O–H groups in total. The largest absolute Gasteiger partial charge is 0.493 e. The van der Waals surface area contributed by atoms with Crippen LogP contribution in [-0.2, 0) is 5.41 Å². The molecule has 0 atom stereocenters. The average molecular weight is 289 g/mol. The first-order valence-corrected chi connectivity index (χ1v) is 7.55. The Balaban J connectivity index is 2.07. The number of hydrogen-bond donors (Lipinski definition) is 2. The second-order valence-electron chi connectivity index (χ2n) is 5.85. The number of ether oxygens (including phenoxy) is 2. The highest BCUT2D eigenvalue weighted by Crippen LogP contribution is 2.39. The van der Waals surface area contributed by atoms with Crippen molar-refractivity contribution in [3.63, 3.8) is 0 Å². The number of rotatable bonds is 4. The van der Waals surface area contributed by atoms with Crippen LogP contribution in [0.5, 0.6) is 11.5 Å². The molecule has 1 heterocycles. The highest BCUT2D eigenvalue weighted by Gasteiger charge is 2.35. The van der Waals surface area contributed by atoms with Crippen LogP contribution in [0.1, 0.15) is 37.9 Å². The maximum absolute atomic E-state index is 6.09. The van der Waals surface area contributed by atoms with Crippen molar-refractivity contribution in [2.24, 2.45) is 5.73 Å². The summed E-state index contributed by atoms with van der Waals surface area (Å²) in [5, 5.41) is 0. The Morgan fingerprint density at radius 3 is 2.43 bits per heavy atom. The van der Waals surface area contributed by atoms with Crippen LogP contribution in [0, 0.1) is 0 Å². The van der Waals surface area contributed by atoms with Gasteiger partial charge in [0.25, 0.3) is 0 Å². The molecule has 0 radical (unpaired) electrons. The number of aromatic amines is 1. The molecule has 1 aromatic heterocycles. The zero-order valence-corrected chi connectivity index (χ0v) is 12.7. The number of hydrogen-bond acceptors (Lipinski definition) is 4. The summed E-state index contributed by atoms with van der Waals surface area (Å²) in [5.41, 5.74) is 7.97. The predicted molar refractivity (Wildman–Crippen MR) is 83.0 cm³/mol. The summed E-state index contributed by atoms with van der Waals surface area (Å²) in [6.07, 6.45) is 5.96. The summed E-state index contributed by atoms with van der Waals surface area (Å²) >= 11 is 0. The van der Waals surface area contributed by atoms with Gasteiger partial charge in [-0.3, -0.25) is 0 Å². The van der Waals surface area contributed by atoms with Crippen molar-refractivity contribution in [2.45, 2.75) is 37.5 Å². The molecule has 3 rings (SSSR count). The van der Waals surface area contributed by atoms with Gasteiger partial charge in [0.1, 0.15) is 5.82 Å². The van der Waals surface area contributed by atoms with Crippen LogP contribution < -0.4 is 15.2 Å². The molecule has 0 unspecified atom stereocenters. The van der Waals surface area contributed by atoms with Gasteiger partial charge in [0.05, 0.1) is 25.3 Å². The van der Waals surface area contributed by atoms with E-state index in [2.05, 4.69) is 4.98 Å². The van der Waals surface area contributed by atoms with Gasteiger partial charge in [-0.2, -0.15) is 0 Å². The zero-order chi connectivity index (χ0) is 14.9. The molecule has 2 aromatic rings. The third-order valence-corrected chi connectivity index (χ3v) is 4.69. The van der Waals surface area contributed by atoms with Gasteiger partial charge >= 0.3 is 0 Å². The van der Waals surface area contributed by atoms with E-state index in [0.29, 0.717) is 18.0 Å². The second kappa shape index (κ2) is 5.56. The summed E-state index contributed by atoms with van der Waals surface area (Å²) in [6.45, 7) is 0.640. The summed E-state index contributed by atoms with van der Waals surface area (Å²) in [7, 11) is 3.28. The van der Waals surface area contributed by atoms with Crippen molar-refractivity contribution in [2.75, 3.05) is 20.8 Å². The molecule has 1 aliphatic carbocycles. The smallest absolute Gasteiger partial charge is 0.163 e. The van der Waals surface area contributed by atoms with E-state index >= 15 is 0 Å². The number of fused-ring (bicyclic) bond motifs is 1. The summed E-state index contributed by atoms with van der Waals surface area (Å²) in [5.74, 6) is 2.43. The number of H-pyrrole nitrogens is 1. The highest BCUT2D eigenvalue weighted by molar-refractivity contribution is 5.80. The molecule has 0 aliphatic heterocycles. The average Bonchev–Trinajstić information content (AvgIpc) is 2.97. The van der Waals surface area contributed by atoms with E-state index < -0.39 is 0 Å². The molecule has 0 saturated heterocycles. The maximum Gasteiger partial charge on any atom is 0.163 e. The lowest BCUT2D eigenvalue weighted by Gasteiger charge is -2.34. The lowest BCUT2D eigenvalue weighted by atomic mass is 9.73. The molecule has 1 fully saturated rings. The van der Waals surface area contributed by atoms with Gasteiger partial charge in [-0.25, -0.2) is 4.98 Å². The number of methoxy groups -OCH3 is 2. The Bertz CT molecular complexity index is 589. The van der Waals surface area contributed by atoms with Crippen molar-refractivity contribution in [3.05, 3.63) is 18.0 Å². The molecule has 0 spiro atoms. The fraction of sp³-hybridized carbons (Fsp3) is 0.562. The van der Waals surface area contributed by atoms with E-state index in [1.165, 1.54) is 19.3 Å². The first-order valence-electron chi connectivity index (χ1n) is 7.55. The second-order valence-corrected chi connectivity index (χ2v) is 5.85. The summed E-state index contributed by atoms with van der Waals surface area (Å²) < 4.78 is 10.7. The first-order chi connectivity index (χ1) is 10.2. The zero-order valence-electron chi connectivity index (χ0n) is 12.7. The van der Waals surface area contributed by atoms with Gasteiger partial charge in [-0.05, 0) is 12.8 Å². The molecule has 114 valence electrons. The van der Waals surface area contributed by atoms with Crippen LogP contribution in [0.15, 0.2) is 12.1 Å². The predicted octanol–water partition coefficient (Wildman–Crippen LogP) is 2.74. The van der Waals surface area contributed by atoms with E-state index in [0.717, 1.165) is 29.7 Å². The number of benzene rings is 1. The first kappa shape index (κ1) is 14.2. The van der Waals surface area contributed by atoms with Gasteiger partial charge in [0.2, 0.25) is 0 Å². The van der Waals surface area contributed by atoms with Crippen LogP contribution in [0.4, 0.5) is 0 Å². The molecule has 5 heteroatoms. The molecule has 0 amide bonds. The van der Waals surface area contributed by atoms with Crippen molar-refractivity contribution in [1.29, 1.82) is 0 Å². The number of imidazole rings is 1. The van der Waals surface area contributed by atoms with Gasteiger partial charge in [-0.15, -0.1) is 0 Å². The standard InChI is InChI=1S/C16H23N3O2/c1-20-13-8-11-12(9-14(13)21-2)19-15(18-11)16(10-17)6-4-3-5-7-16/h8-9H,3-7,10,17H2,1-2H3,(H,18,19). The van der Waals surface area contributed by atoms with E-state index in [9.17, 15) is 0 Å². The Morgan fingerprint density at radius 2 is 1.81 bits per heavy atom. The van der Waals surface area contributed by atoms with E-state index in [1.807, 2.05) is 12.1 Å². The molecular formula is C16H23N3O2. The molecular weight excluding hydrogens is 266 g/mol. The van der Waals surface area contributed by atoms with E-state index in [1.54, 1.807) is 14.2 Å². The normalized spacial score (nSPS) is 17.9. The minimum absolute atomic E-state index is 0.00224. The van der Waals surface area contributed by atoms with Crippen LogP contribution in [0.2, 0.25) is 0 Å². The Morgan fingerprint density at radius 1 is 1.14 bits per heavy atom. The molecule has 1 aromatic carbocycles. The van der Waals surface area contributed by atoms with Crippen molar-refractivity contribution >= 4 is 11.0 Å².